The second-order valence-corrected chi connectivity index (χ2v) is 9.96. The molecule has 0 atom stereocenters. The molecule has 2 heterocycles. The van der Waals surface area contributed by atoms with Gasteiger partial charge in [0, 0.05) is 29.7 Å². The van der Waals surface area contributed by atoms with Crippen LogP contribution in [0.2, 0.25) is 0 Å². The Morgan fingerprint density at radius 1 is 1.14 bits per heavy atom. The molecule has 154 valence electrons. The molecule has 28 heavy (non-hydrogen) atoms. The smallest absolute Gasteiger partial charge is 0.229 e. The fourth-order valence-corrected chi connectivity index (χ4v) is 5.79. The maximum atomic E-state index is 13.0. The zero-order valence-corrected chi connectivity index (χ0v) is 17.9. The molecule has 2 saturated carbocycles. The lowest BCUT2D eigenvalue weighted by Crippen LogP contribution is -2.40. The molecule has 1 aliphatic heterocycles. The van der Waals surface area contributed by atoms with Crippen molar-refractivity contribution < 1.29 is 9.59 Å². The number of aromatic nitrogens is 1. The summed E-state index contributed by atoms with van der Waals surface area (Å²) < 4.78 is 0. The first-order valence-electron chi connectivity index (χ1n) is 11.2. The summed E-state index contributed by atoms with van der Waals surface area (Å²) in [6.07, 6.45) is 12.4. The average molecular weight is 404 g/mol. The van der Waals surface area contributed by atoms with Crippen LogP contribution in [0.4, 0.5) is 5.13 Å². The lowest BCUT2D eigenvalue weighted by atomic mass is 9.79. The number of fused-ring (bicyclic) bond motifs is 1. The summed E-state index contributed by atoms with van der Waals surface area (Å²) in [5.41, 5.74) is 1.07. The first kappa shape index (κ1) is 19.9. The van der Waals surface area contributed by atoms with Crippen LogP contribution in [-0.4, -0.2) is 28.2 Å². The Labute approximate surface area is 172 Å². The number of unbranched alkanes of at least 4 members (excludes halogenated alkanes) is 1. The van der Waals surface area contributed by atoms with E-state index in [4.69, 9.17) is 0 Å². The Bertz CT molecular complexity index is 705. The van der Waals surface area contributed by atoms with E-state index in [1.165, 1.54) is 32.1 Å². The standard InChI is InChI=1S/C22H33N3O2S/c1-2-3-5-15-8-10-17(11-9-15)21(27)25-13-12-18-19(14-25)28-22(23-18)24-20(26)16-6-4-7-16/h15-17H,2-14H2,1H3,(H,23,24,26). The molecule has 1 N–H and O–H groups in total. The quantitative estimate of drug-likeness (QED) is 0.745. The summed E-state index contributed by atoms with van der Waals surface area (Å²) >= 11 is 1.56. The fraction of sp³-hybridized carbons (Fsp3) is 0.773. The van der Waals surface area contributed by atoms with Gasteiger partial charge in [-0.1, -0.05) is 43.9 Å². The third-order valence-electron chi connectivity index (χ3n) is 6.91. The van der Waals surface area contributed by atoms with Crippen LogP contribution in [0.1, 0.15) is 81.7 Å². The van der Waals surface area contributed by atoms with Crippen LogP contribution < -0.4 is 5.32 Å². The number of carbonyl (C=O) groups excluding carboxylic acids is 2. The Kier molecular flexibility index (Phi) is 6.34. The summed E-state index contributed by atoms with van der Waals surface area (Å²) in [6.45, 7) is 3.69. The maximum absolute atomic E-state index is 13.0. The van der Waals surface area contributed by atoms with Crippen molar-refractivity contribution in [2.45, 2.75) is 84.1 Å². The van der Waals surface area contributed by atoms with E-state index in [1.807, 2.05) is 4.90 Å². The predicted octanol–water partition coefficient (Wildman–Crippen LogP) is 4.76. The SMILES string of the molecule is CCCCC1CCC(C(=O)N2CCc3nc(NC(=O)C4CCC4)sc3C2)CC1. The molecule has 4 rings (SSSR count). The van der Waals surface area contributed by atoms with Crippen molar-refractivity contribution >= 4 is 28.3 Å². The number of thiazole rings is 1. The second-order valence-electron chi connectivity index (χ2n) is 8.88. The van der Waals surface area contributed by atoms with Crippen molar-refractivity contribution in [2.75, 3.05) is 11.9 Å². The van der Waals surface area contributed by atoms with Gasteiger partial charge < -0.3 is 10.2 Å². The molecule has 5 nitrogen and oxygen atoms in total. The molecule has 0 spiro atoms. The van der Waals surface area contributed by atoms with Gasteiger partial charge in [-0.2, -0.15) is 0 Å². The van der Waals surface area contributed by atoms with E-state index < -0.39 is 0 Å². The van der Waals surface area contributed by atoms with Gasteiger partial charge in [0.15, 0.2) is 5.13 Å². The number of anilines is 1. The van der Waals surface area contributed by atoms with Crippen LogP contribution in [0.3, 0.4) is 0 Å². The van der Waals surface area contributed by atoms with Crippen LogP contribution in [0, 0.1) is 17.8 Å². The topological polar surface area (TPSA) is 62.3 Å². The lowest BCUT2D eigenvalue weighted by molar-refractivity contribution is -0.137. The van der Waals surface area contributed by atoms with Gasteiger partial charge in [-0.05, 0) is 44.4 Å². The number of rotatable bonds is 6. The highest BCUT2D eigenvalue weighted by atomic mass is 32.1. The molecule has 3 aliphatic rings. The van der Waals surface area contributed by atoms with Gasteiger partial charge in [0.05, 0.1) is 12.2 Å². The van der Waals surface area contributed by atoms with E-state index in [9.17, 15) is 9.59 Å². The van der Waals surface area contributed by atoms with Crippen molar-refractivity contribution in [1.82, 2.24) is 9.88 Å². The van der Waals surface area contributed by atoms with Gasteiger partial charge in [-0.25, -0.2) is 4.98 Å². The Balaban J connectivity index is 1.30. The van der Waals surface area contributed by atoms with Crippen molar-refractivity contribution in [3.8, 4) is 0 Å². The molecule has 0 bridgehead atoms. The number of nitrogens with zero attached hydrogens (tertiary/aromatic N) is 2. The highest BCUT2D eigenvalue weighted by molar-refractivity contribution is 7.15. The first-order valence-corrected chi connectivity index (χ1v) is 12.0. The molecule has 0 saturated heterocycles. The fourth-order valence-electron chi connectivity index (χ4n) is 4.76. The van der Waals surface area contributed by atoms with E-state index in [2.05, 4.69) is 17.2 Å². The van der Waals surface area contributed by atoms with E-state index in [1.54, 1.807) is 11.3 Å². The largest absolute Gasteiger partial charge is 0.337 e. The van der Waals surface area contributed by atoms with Gasteiger partial charge >= 0.3 is 0 Å². The highest BCUT2D eigenvalue weighted by Gasteiger charge is 2.32. The third kappa shape index (κ3) is 4.42. The third-order valence-corrected chi connectivity index (χ3v) is 7.91. The summed E-state index contributed by atoms with van der Waals surface area (Å²) in [6, 6.07) is 0. The van der Waals surface area contributed by atoms with E-state index in [-0.39, 0.29) is 17.7 Å². The molecule has 0 unspecified atom stereocenters. The van der Waals surface area contributed by atoms with Gasteiger partial charge in [0.25, 0.3) is 0 Å². The number of carbonyl (C=O) groups is 2. The minimum atomic E-state index is 0.116. The van der Waals surface area contributed by atoms with Gasteiger partial charge in [-0.15, -0.1) is 0 Å². The van der Waals surface area contributed by atoms with E-state index in [0.717, 1.165) is 61.6 Å². The number of amides is 2. The van der Waals surface area contributed by atoms with Gasteiger partial charge in [0.1, 0.15) is 0 Å². The minimum absolute atomic E-state index is 0.116. The Morgan fingerprint density at radius 3 is 2.61 bits per heavy atom. The normalized spacial score (nSPS) is 25.1. The first-order chi connectivity index (χ1) is 13.6. The molecule has 2 aliphatic carbocycles. The Morgan fingerprint density at radius 2 is 1.93 bits per heavy atom. The number of hydrogen-bond donors (Lipinski definition) is 1. The zero-order chi connectivity index (χ0) is 19.5. The van der Waals surface area contributed by atoms with Crippen LogP contribution in [0.15, 0.2) is 0 Å². The molecule has 6 heteroatoms. The Hall–Kier alpha value is -1.43. The van der Waals surface area contributed by atoms with E-state index >= 15 is 0 Å². The maximum Gasteiger partial charge on any atom is 0.229 e. The van der Waals surface area contributed by atoms with E-state index in [0.29, 0.717) is 17.6 Å². The van der Waals surface area contributed by atoms with Crippen molar-refractivity contribution in [1.29, 1.82) is 0 Å². The number of nitrogens with one attached hydrogen (secondary N) is 1. The monoisotopic (exact) mass is 403 g/mol. The van der Waals surface area contributed by atoms with Crippen LogP contribution in [0.25, 0.3) is 0 Å². The highest BCUT2D eigenvalue weighted by Crippen LogP contribution is 2.35. The lowest BCUT2D eigenvalue weighted by Gasteiger charge is -2.33. The molecular weight excluding hydrogens is 370 g/mol. The summed E-state index contributed by atoms with van der Waals surface area (Å²) in [5, 5.41) is 3.71. The molecule has 1 aromatic rings. The average Bonchev–Trinajstić information content (AvgIpc) is 3.06. The predicted molar refractivity (Wildman–Crippen MR) is 112 cm³/mol. The van der Waals surface area contributed by atoms with Crippen LogP contribution in [-0.2, 0) is 22.6 Å². The van der Waals surface area contributed by atoms with Crippen molar-refractivity contribution in [3.05, 3.63) is 10.6 Å². The molecule has 2 amide bonds. The summed E-state index contributed by atoms with van der Waals surface area (Å²) in [5.74, 6) is 1.68. The molecule has 1 aromatic heterocycles. The molecular formula is C22H33N3O2S. The molecule has 2 fully saturated rings. The summed E-state index contributed by atoms with van der Waals surface area (Å²) in [4.78, 5) is 33.0. The van der Waals surface area contributed by atoms with Crippen molar-refractivity contribution in [3.63, 3.8) is 0 Å². The molecule has 0 radical (unpaired) electrons. The van der Waals surface area contributed by atoms with Gasteiger partial charge in [0.2, 0.25) is 11.8 Å². The van der Waals surface area contributed by atoms with Gasteiger partial charge in [-0.3, -0.25) is 9.59 Å². The van der Waals surface area contributed by atoms with Crippen LogP contribution in [0.5, 0.6) is 0 Å². The zero-order valence-electron chi connectivity index (χ0n) is 17.0. The van der Waals surface area contributed by atoms with Crippen molar-refractivity contribution in [2.24, 2.45) is 17.8 Å². The second kappa shape index (κ2) is 8.93. The summed E-state index contributed by atoms with van der Waals surface area (Å²) in [7, 11) is 0. The van der Waals surface area contributed by atoms with Crippen LogP contribution >= 0.6 is 11.3 Å². The minimum Gasteiger partial charge on any atom is -0.337 e. The number of hydrogen-bond acceptors (Lipinski definition) is 4. The molecule has 0 aromatic carbocycles.